The van der Waals surface area contributed by atoms with E-state index in [9.17, 15) is 0 Å². The number of hydrogen-bond acceptors (Lipinski definition) is 2. The minimum Gasteiger partial charge on any atom is -0.316 e. The summed E-state index contributed by atoms with van der Waals surface area (Å²) in [7, 11) is 0. The number of benzene rings is 8. The van der Waals surface area contributed by atoms with Crippen molar-refractivity contribution in [3.63, 3.8) is 0 Å². The van der Waals surface area contributed by atoms with Gasteiger partial charge in [0.05, 0.1) is 39.0 Å². The number of hydrogen-bond donors (Lipinski definition) is 0. The molecule has 4 aromatic heterocycles. The second-order valence-corrected chi connectivity index (χ2v) is 15.1. The Bertz CT molecular complexity index is 3470. The highest BCUT2D eigenvalue weighted by molar-refractivity contribution is 6.23. The van der Waals surface area contributed by atoms with Gasteiger partial charge in [-0.3, -0.25) is 0 Å². The van der Waals surface area contributed by atoms with E-state index in [-0.39, 0.29) is 0 Å². The average Bonchev–Trinajstić information content (AvgIpc) is 3.99. The van der Waals surface area contributed by atoms with Gasteiger partial charge in [0.1, 0.15) is 0 Å². The van der Waals surface area contributed by atoms with Crippen LogP contribution >= 0.6 is 0 Å². The lowest BCUT2D eigenvalue weighted by Crippen LogP contribution is -1.98. The van der Waals surface area contributed by atoms with Crippen molar-refractivity contribution in [3.05, 3.63) is 212 Å². The van der Waals surface area contributed by atoms with E-state index >= 15 is 0 Å². The summed E-state index contributed by atoms with van der Waals surface area (Å²) in [6.45, 7) is 0. The third-order valence-electron chi connectivity index (χ3n) is 11.7. The van der Waals surface area contributed by atoms with Gasteiger partial charge in [0.25, 0.3) is 0 Å². The van der Waals surface area contributed by atoms with Crippen LogP contribution in [-0.4, -0.2) is 23.7 Å². The Morgan fingerprint density at radius 3 is 1.59 bits per heavy atom. The molecule has 8 aromatic carbocycles. The number of para-hydroxylation sites is 3. The van der Waals surface area contributed by atoms with Crippen LogP contribution in [0.15, 0.2) is 212 Å². The number of aromatic nitrogens is 5. The summed E-state index contributed by atoms with van der Waals surface area (Å²) in [5.41, 5.74) is 14.0. The summed E-state index contributed by atoms with van der Waals surface area (Å²) >= 11 is 0. The van der Waals surface area contributed by atoms with Crippen molar-refractivity contribution in [2.75, 3.05) is 0 Å². The van der Waals surface area contributed by atoms with Crippen molar-refractivity contribution < 1.29 is 0 Å². The maximum atomic E-state index is 5.18. The molecular formula is C54H35N5. The Morgan fingerprint density at radius 2 is 0.881 bits per heavy atom. The Hall–Kier alpha value is -8.02. The zero-order valence-electron chi connectivity index (χ0n) is 31.9. The highest BCUT2D eigenvalue weighted by Crippen LogP contribution is 2.42. The van der Waals surface area contributed by atoms with E-state index in [0.717, 1.165) is 61.7 Å². The molecule has 0 aliphatic heterocycles. The van der Waals surface area contributed by atoms with E-state index in [1.54, 1.807) is 0 Å². The van der Waals surface area contributed by atoms with Crippen LogP contribution in [0.25, 0.3) is 105 Å². The smallest absolute Gasteiger partial charge is 0.160 e. The molecule has 59 heavy (non-hydrogen) atoms. The third-order valence-corrected chi connectivity index (χ3v) is 11.7. The van der Waals surface area contributed by atoms with E-state index in [1.165, 1.54) is 38.0 Å². The average molecular weight is 754 g/mol. The zero-order chi connectivity index (χ0) is 38.9. The van der Waals surface area contributed by atoms with Crippen LogP contribution in [0.1, 0.15) is 0 Å². The van der Waals surface area contributed by atoms with E-state index in [1.807, 2.05) is 12.1 Å². The summed E-state index contributed by atoms with van der Waals surface area (Å²) < 4.78 is 7.14. The molecule has 0 fully saturated rings. The van der Waals surface area contributed by atoms with Gasteiger partial charge in [-0.2, -0.15) is 0 Å². The Morgan fingerprint density at radius 1 is 0.305 bits per heavy atom. The molecule has 0 bridgehead atoms. The van der Waals surface area contributed by atoms with Crippen LogP contribution in [0.5, 0.6) is 0 Å². The summed E-state index contributed by atoms with van der Waals surface area (Å²) in [6.07, 6.45) is 2.19. The van der Waals surface area contributed by atoms with Gasteiger partial charge in [-0.15, -0.1) is 0 Å². The monoisotopic (exact) mass is 753 g/mol. The van der Waals surface area contributed by atoms with E-state index < -0.39 is 0 Å². The molecule has 0 amide bonds. The largest absolute Gasteiger partial charge is 0.316 e. The minimum absolute atomic E-state index is 0.686. The molecule has 0 unspecified atom stereocenters. The molecule has 0 atom stereocenters. The van der Waals surface area contributed by atoms with Crippen LogP contribution in [0.3, 0.4) is 0 Å². The summed E-state index contributed by atoms with van der Waals surface area (Å²) in [4.78, 5) is 10.4. The van der Waals surface area contributed by atoms with Crippen LogP contribution in [0, 0.1) is 0 Å². The number of rotatable bonds is 6. The number of fused-ring (bicyclic) bond motifs is 8. The Balaban J connectivity index is 1.11. The van der Waals surface area contributed by atoms with Crippen molar-refractivity contribution in [3.8, 4) is 51.0 Å². The predicted molar refractivity (Wildman–Crippen MR) is 244 cm³/mol. The van der Waals surface area contributed by atoms with Crippen molar-refractivity contribution in [2.24, 2.45) is 0 Å². The van der Waals surface area contributed by atoms with Gasteiger partial charge >= 0.3 is 0 Å². The van der Waals surface area contributed by atoms with E-state index in [2.05, 4.69) is 214 Å². The van der Waals surface area contributed by atoms with Crippen LogP contribution < -0.4 is 0 Å². The number of nitrogens with zero attached hydrogens (tertiary/aromatic N) is 5. The fraction of sp³-hybridized carbons (Fsp3) is 0. The molecule has 0 saturated carbocycles. The topological polar surface area (TPSA) is 40.6 Å². The van der Waals surface area contributed by atoms with Crippen LogP contribution in [0.4, 0.5) is 0 Å². The quantitative estimate of drug-likeness (QED) is 0.170. The third kappa shape index (κ3) is 5.33. The molecule has 0 spiro atoms. The standard InChI is InChI=1S/C54H35N5/c1-5-16-36(17-6-1)47-34-48(37-18-7-2-8-19-37)56-54(55-47)38-20-15-25-41(32-38)58-50-27-14-13-26-42(50)45-33-46-43-28-29-49-44(30-31-57(49)39-21-9-3-10-22-39)53(43)59(52(46)35-51(45)58)40-23-11-4-12-24-40/h1-35H. The normalized spacial score (nSPS) is 11.7. The van der Waals surface area contributed by atoms with E-state index in [0.29, 0.717) is 5.82 Å². The summed E-state index contributed by atoms with van der Waals surface area (Å²) in [6, 6.07) is 73.2. The van der Waals surface area contributed by atoms with E-state index in [4.69, 9.17) is 9.97 Å². The first-order valence-electron chi connectivity index (χ1n) is 20.0. The fourth-order valence-corrected chi connectivity index (χ4v) is 9.00. The van der Waals surface area contributed by atoms with Gasteiger partial charge in [-0.05, 0) is 72.8 Å². The van der Waals surface area contributed by atoms with Crippen LogP contribution in [0.2, 0.25) is 0 Å². The lowest BCUT2D eigenvalue weighted by Gasteiger charge is -2.13. The Labute approximate surface area is 340 Å². The summed E-state index contributed by atoms with van der Waals surface area (Å²) in [5.74, 6) is 0.686. The molecule has 12 aromatic rings. The Kier molecular flexibility index (Phi) is 7.47. The van der Waals surface area contributed by atoms with Crippen LogP contribution in [-0.2, 0) is 0 Å². The molecule has 12 rings (SSSR count). The lowest BCUT2D eigenvalue weighted by molar-refractivity contribution is 1.13. The molecule has 0 radical (unpaired) electrons. The van der Waals surface area contributed by atoms with Crippen molar-refractivity contribution >= 4 is 54.5 Å². The molecule has 5 nitrogen and oxygen atoms in total. The molecule has 0 saturated heterocycles. The first-order chi connectivity index (χ1) is 29.3. The molecule has 0 N–H and O–H groups in total. The van der Waals surface area contributed by atoms with Gasteiger partial charge in [-0.1, -0.05) is 133 Å². The van der Waals surface area contributed by atoms with Gasteiger partial charge in [-0.25, -0.2) is 9.97 Å². The highest BCUT2D eigenvalue weighted by atomic mass is 15.0. The van der Waals surface area contributed by atoms with Crippen molar-refractivity contribution in [1.29, 1.82) is 0 Å². The fourth-order valence-electron chi connectivity index (χ4n) is 9.00. The van der Waals surface area contributed by atoms with Gasteiger partial charge < -0.3 is 13.7 Å². The second kappa shape index (κ2) is 13.3. The maximum absolute atomic E-state index is 5.18. The second-order valence-electron chi connectivity index (χ2n) is 15.1. The first-order valence-corrected chi connectivity index (χ1v) is 20.0. The maximum Gasteiger partial charge on any atom is 0.160 e. The zero-order valence-corrected chi connectivity index (χ0v) is 31.9. The highest BCUT2D eigenvalue weighted by Gasteiger charge is 2.21. The van der Waals surface area contributed by atoms with Gasteiger partial charge in [0, 0.05) is 66.9 Å². The van der Waals surface area contributed by atoms with Crippen molar-refractivity contribution in [1.82, 2.24) is 23.7 Å². The lowest BCUT2D eigenvalue weighted by atomic mass is 10.1. The summed E-state index contributed by atoms with van der Waals surface area (Å²) in [5, 5.41) is 6.08. The van der Waals surface area contributed by atoms with Gasteiger partial charge in [0.15, 0.2) is 5.82 Å². The molecule has 0 aliphatic carbocycles. The molecular weight excluding hydrogens is 719 g/mol. The van der Waals surface area contributed by atoms with Gasteiger partial charge in [0.2, 0.25) is 0 Å². The predicted octanol–water partition coefficient (Wildman–Crippen LogP) is 13.6. The van der Waals surface area contributed by atoms with Crippen molar-refractivity contribution in [2.45, 2.75) is 0 Å². The molecule has 276 valence electrons. The molecule has 4 heterocycles. The first kappa shape index (κ1) is 33.2. The molecule has 0 aliphatic rings. The minimum atomic E-state index is 0.686. The SMILES string of the molecule is c1ccc(-c2cc(-c3ccccc3)nc(-c3cccc(-n4c5ccccc5c5cc6c7ccc8c(ccn8-c8ccccc8)c7n(-c7ccccc7)c6cc54)c3)n2)cc1. The molecule has 5 heteroatoms.